The number of benzene rings is 7. The van der Waals surface area contributed by atoms with Crippen LogP contribution in [0.3, 0.4) is 0 Å². The summed E-state index contributed by atoms with van der Waals surface area (Å²) in [5, 5.41) is 23.7. The summed E-state index contributed by atoms with van der Waals surface area (Å²) in [6, 6.07) is 57.1. The third-order valence-electron chi connectivity index (χ3n) is 12.5. The van der Waals surface area contributed by atoms with E-state index in [0.717, 1.165) is 60.5 Å². The molecular formula is C62H52IrN6-2. The number of para-hydroxylation sites is 2. The molecule has 1 radical (unpaired) electrons. The Labute approximate surface area is 425 Å². The fraction of sp³-hybridized carbons (Fsp3) is 0.194. The van der Waals surface area contributed by atoms with Crippen LogP contribution in [0.15, 0.2) is 146 Å². The molecule has 0 aliphatic rings. The minimum absolute atomic E-state index is 0. The van der Waals surface area contributed by atoms with Crippen LogP contribution in [0, 0.1) is 47.1 Å². The Morgan fingerprint density at radius 3 is 1.97 bits per heavy atom. The molecule has 7 aromatic carbocycles. The molecule has 11 rings (SSSR count). The molecule has 0 spiro atoms. The van der Waals surface area contributed by atoms with Crippen LogP contribution < -0.4 is 0 Å². The molecular weight excluding hydrogens is 1020 g/mol. The molecule has 0 saturated carbocycles. The fourth-order valence-corrected chi connectivity index (χ4v) is 9.41. The molecule has 11 aromatic rings. The van der Waals surface area contributed by atoms with Gasteiger partial charge in [0.15, 0.2) is 0 Å². The van der Waals surface area contributed by atoms with Crippen molar-refractivity contribution in [3.63, 3.8) is 0 Å². The van der Waals surface area contributed by atoms with Gasteiger partial charge in [0.1, 0.15) is 0 Å². The average Bonchev–Trinajstić information content (AvgIpc) is 4.04. The van der Waals surface area contributed by atoms with Crippen LogP contribution in [0.1, 0.15) is 101 Å². The van der Waals surface area contributed by atoms with E-state index >= 15 is 0 Å². The molecule has 4 heterocycles. The van der Waals surface area contributed by atoms with Crippen molar-refractivity contribution >= 4 is 49.1 Å². The molecule has 0 unspecified atom stereocenters. The van der Waals surface area contributed by atoms with Crippen LogP contribution in [-0.2, 0) is 26.5 Å². The maximum absolute atomic E-state index is 9.81. The largest absolute Gasteiger partial charge is 0.348 e. The van der Waals surface area contributed by atoms with E-state index in [4.69, 9.17) is 11.8 Å². The normalized spacial score (nSPS) is 13.1. The Morgan fingerprint density at radius 1 is 0.696 bits per heavy atom. The van der Waals surface area contributed by atoms with E-state index in [0.29, 0.717) is 27.9 Å². The van der Waals surface area contributed by atoms with Gasteiger partial charge >= 0.3 is 0 Å². The monoisotopic (exact) mass is 1080 g/mol. The van der Waals surface area contributed by atoms with Crippen molar-refractivity contribution in [2.24, 2.45) is 5.41 Å². The van der Waals surface area contributed by atoms with E-state index in [-0.39, 0.29) is 37.5 Å². The number of fused-ring (bicyclic) bond motifs is 7. The third kappa shape index (κ3) is 8.70. The maximum atomic E-state index is 9.81. The Balaban J connectivity index is 0.000000237. The van der Waals surface area contributed by atoms with E-state index in [1.807, 2.05) is 63.2 Å². The molecule has 69 heavy (non-hydrogen) atoms. The summed E-state index contributed by atoms with van der Waals surface area (Å²) in [4.78, 5) is 9.66. The first-order valence-electron chi connectivity index (χ1n) is 25.5. The van der Waals surface area contributed by atoms with Gasteiger partial charge in [0.05, 0.1) is 40.1 Å². The number of aromatic nitrogens is 4. The van der Waals surface area contributed by atoms with E-state index in [1.54, 1.807) is 24.3 Å². The Bertz CT molecular complexity index is 3850. The quantitative estimate of drug-likeness (QED) is 0.149. The third-order valence-corrected chi connectivity index (χ3v) is 12.5. The number of aryl methyl sites for hydroxylation is 1. The van der Waals surface area contributed by atoms with Gasteiger partial charge in [-0.25, -0.2) is 0 Å². The van der Waals surface area contributed by atoms with E-state index in [2.05, 4.69) is 133 Å². The van der Waals surface area contributed by atoms with Crippen LogP contribution in [0.2, 0.25) is 0 Å². The second kappa shape index (κ2) is 18.6. The van der Waals surface area contributed by atoms with E-state index in [1.165, 1.54) is 40.2 Å². The van der Waals surface area contributed by atoms with Crippen LogP contribution >= 0.6 is 0 Å². The van der Waals surface area contributed by atoms with Crippen molar-refractivity contribution in [2.75, 3.05) is 0 Å². The molecule has 0 saturated heterocycles. The van der Waals surface area contributed by atoms with E-state index < -0.39 is 18.6 Å². The van der Waals surface area contributed by atoms with Crippen molar-refractivity contribution in [3.05, 3.63) is 191 Å². The zero-order valence-electron chi connectivity index (χ0n) is 44.5. The molecule has 7 heteroatoms. The van der Waals surface area contributed by atoms with E-state index in [9.17, 15) is 10.5 Å². The molecule has 6 nitrogen and oxygen atoms in total. The van der Waals surface area contributed by atoms with Gasteiger partial charge in [0, 0.05) is 49.9 Å². The first-order valence-corrected chi connectivity index (χ1v) is 23.0. The molecule has 0 atom stereocenters. The molecule has 4 aromatic heterocycles. The molecule has 0 N–H and O–H groups in total. The van der Waals surface area contributed by atoms with Gasteiger partial charge in [0.25, 0.3) is 0 Å². The van der Waals surface area contributed by atoms with Crippen LogP contribution in [0.5, 0.6) is 0 Å². The summed E-state index contributed by atoms with van der Waals surface area (Å²) in [5.74, 6) is 1.33. The fourth-order valence-electron chi connectivity index (χ4n) is 9.41. The molecule has 0 bridgehead atoms. The van der Waals surface area contributed by atoms with Crippen LogP contribution in [-0.4, -0.2) is 18.9 Å². The molecule has 341 valence electrons. The van der Waals surface area contributed by atoms with Crippen LogP contribution in [0.4, 0.5) is 0 Å². The summed E-state index contributed by atoms with van der Waals surface area (Å²) < 4.78 is 43.1. The number of hydrogen-bond donors (Lipinski definition) is 0. The number of pyridine rings is 1. The standard InChI is InChI=1S/C45H32N5.C17H20N.Ir/c1-26(2)35-20-31(30-10-6-5-7-11-30)21-36(27(3)4)43(35)50-40-13-9-8-12-39(40)48-45(50)32-22-37-33-16-14-28(24-46)18-41(33)49-42-19-29(25-47)15-17-34(42)38(23-32)44(37)49;1-13-5-8-15(9-6-13)16-10-7-14(12-18-16)11-17(2,3)4;/h5-22,26-27H,1-4H3;5-8,10,12H,11H2,1-4H3;/q2*-1;/i;1D3,11D2;. The summed E-state index contributed by atoms with van der Waals surface area (Å²) >= 11 is 0. The van der Waals surface area contributed by atoms with Gasteiger partial charge in [-0.15, -0.1) is 47.5 Å². The summed E-state index contributed by atoms with van der Waals surface area (Å²) in [6.45, 7) is 12.5. The van der Waals surface area contributed by atoms with Gasteiger partial charge in [-0.2, -0.15) is 10.5 Å². The van der Waals surface area contributed by atoms with Crippen molar-refractivity contribution in [2.45, 2.75) is 73.5 Å². The number of imidazole rings is 1. The SMILES string of the molecule is CC(C)c1cc(-c2ccccc2)cc(C(C)C)c1-n1c(-c2[c-]c3c4ccc(C#N)cc4n4c5cc(C#N)ccc5c(c2)c34)nc2ccccc21.[2H]C([2H])([2H])c1c[c-]c(-c2ccc(C([2H])([2H])C(C)(C)C)cn2)cc1.[Ir]. The Kier molecular flexibility index (Phi) is 10.9. The number of nitriles is 2. The van der Waals surface area contributed by atoms with Gasteiger partial charge in [-0.1, -0.05) is 150 Å². The van der Waals surface area contributed by atoms with Gasteiger partial charge < -0.3 is 14.0 Å². The summed E-state index contributed by atoms with van der Waals surface area (Å²) in [6.07, 6.45) is 0.0411. The molecule has 0 aliphatic carbocycles. The van der Waals surface area contributed by atoms with Crippen LogP contribution in [0.25, 0.3) is 88.6 Å². The van der Waals surface area contributed by atoms with Crippen molar-refractivity contribution in [1.82, 2.24) is 18.9 Å². The molecule has 0 fully saturated rings. The number of nitrogens with zero attached hydrogens (tertiary/aromatic N) is 6. The Morgan fingerprint density at radius 2 is 1.36 bits per heavy atom. The minimum Gasteiger partial charge on any atom is -0.348 e. The second-order valence-electron chi connectivity index (χ2n) is 19.1. The predicted molar refractivity (Wildman–Crippen MR) is 279 cm³/mol. The van der Waals surface area contributed by atoms with Crippen molar-refractivity contribution < 1.29 is 27.0 Å². The first kappa shape index (κ1) is 40.6. The van der Waals surface area contributed by atoms with Gasteiger partial charge in [0.2, 0.25) is 0 Å². The predicted octanol–water partition coefficient (Wildman–Crippen LogP) is 15.7. The van der Waals surface area contributed by atoms with Crippen molar-refractivity contribution in [3.8, 4) is 51.6 Å². The summed E-state index contributed by atoms with van der Waals surface area (Å²) in [5.41, 5.74) is 14.6. The zero-order valence-corrected chi connectivity index (χ0v) is 41.9. The van der Waals surface area contributed by atoms with Gasteiger partial charge in [-0.3, -0.25) is 4.98 Å². The number of hydrogen-bond acceptors (Lipinski definition) is 4. The second-order valence-corrected chi connectivity index (χ2v) is 19.1. The topological polar surface area (TPSA) is 82.7 Å². The Hall–Kier alpha value is -7.41. The van der Waals surface area contributed by atoms with Crippen molar-refractivity contribution in [1.29, 1.82) is 10.5 Å². The zero-order chi connectivity index (χ0) is 51.7. The average molecular weight is 1080 g/mol. The van der Waals surface area contributed by atoms with Gasteiger partial charge in [-0.05, 0) is 111 Å². The molecule has 0 aliphatic heterocycles. The molecule has 0 amide bonds. The number of rotatable bonds is 7. The maximum Gasteiger partial charge on any atom is 0.0992 e. The smallest absolute Gasteiger partial charge is 0.0992 e. The first-order chi connectivity index (χ1) is 34.8. The summed E-state index contributed by atoms with van der Waals surface area (Å²) in [7, 11) is 0. The minimum atomic E-state index is -2.14.